The minimum atomic E-state index is -6.09. The molecule has 4 unspecified atom stereocenters. The third kappa shape index (κ3) is 11.7. The van der Waals surface area contributed by atoms with Gasteiger partial charge in [-0.1, -0.05) is 92.1 Å². The van der Waals surface area contributed by atoms with Crippen LogP contribution in [0.2, 0.25) is 0 Å². The van der Waals surface area contributed by atoms with E-state index in [1.54, 1.807) is 0 Å². The Hall–Kier alpha value is -0.117. The first-order valence-corrected chi connectivity index (χ1v) is 19.3. The van der Waals surface area contributed by atoms with E-state index >= 15 is 0 Å². The van der Waals surface area contributed by atoms with Crippen LogP contribution in [0.25, 0.3) is 0 Å². The summed E-state index contributed by atoms with van der Waals surface area (Å²) < 4.78 is 58.9. The fourth-order valence-electron chi connectivity index (χ4n) is 6.07. The molecule has 2 fully saturated rings. The second-order valence-corrected chi connectivity index (χ2v) is 17.6. The maximum absolute atomic E-state index is 10.7. The van der Waals surface area contributed by atoms with Gasteiger partial charge in [-0.15, -0.1) is 0 Å². The van der Waals surface area contributed by atoms with E-state index in [1.165, 1.54) is 77.0 Å². The Morgan fingerprint density at radius 1 is 0.683 bits per heavy atom. The van der Waals surface area contributed by atoms with Gasteiger partial charge in [0.05, 0.1) is 0 Å². The Morgan fingerprint density at radius 3 is 1.12 bits per heavy atom. The van der Waals surface area contributed by atoms with E-state index in [4.69, 9.17) is 13.0 Å². The molecule has 0 aromatic heterocycles. The molecule has 0 amide bonds. The molecule has 0 saturated carbocycles. The predicted octanol–water partition coefficient (Wildman–Crippen LogP) is 9.32. The van der Waals surface area contributed by atoms with Crippen LogP contribution in [0, 0.1) is 0 Å². The number of rotatable bonds is 6. The molecule has 4 atom stereocenters. The van der Waals surface area contributed by atoms with E-state index < -0.39 is 15.6 Å². The van der Waals surface area contributed by atoms with Crippen molar-refractivity contribution in [3.63, 3.8) is 0 Å². The van der Waals surface area contributed by atoms with Gasteiger partial charge in [-0.25, -0.2) is 8.42 Å². The zero-order chi connectivity index (χ0) is 29.8. The molecular weight excluding hydrogens is 674 g/mol. The van der Waals surface area contributed by atoms with Crippen LogP contribution in [0.4, 0.5) is 13.2 Å². The first kappa shape index (κ1) is 38.9. The van der Waals surface area contributed by atoms with Crippen molar-refractivity contribution in [3.8, 4) is 0 Å². The van der Waals surface area contributed by atoms with Crippen molar-refractivity contribution in [2.75, 3.05) is 0 Å². The number of hydrogen-bond acceptors (Lipinski definition) is 3. The van der Waals surface area contributed by atoms with Gasteiger partial charge in [-0.05, 0) is 110 Å². The fourth-order valence-corrected chi connectivity index (χ4v) is 14.0. The van der Waals surface area contributed by atoms with Gasteiger partial charge in [0, 0.05) is 19.5 Å². The molecule has 3 nitrogen and oxygen atoms in total. The monoisotopic (exact) mass is 722 g/mol. The molecule has 2 heterocycles. The maximum Gasteiger partial charge on any atom is 0.485 e. The molecule has 0 spiro atoms. The molecule has 41 heavy (non-hydrogen) atoms. The normalized spacial score (nSPS) is 27.9. The van der Waals surface area contributed by atoms with Gasteiger partial charge >= 0.3 is 5.51 Å². The van der Waals surface area contributed by atoms with Gasteiger partial charge in [0.1, 0.15) is 0 Å². The topological polar surface area (TPSA) is 57.2 Å². The molecule has 1 radical (unpaired) electrons. The van der Waals surface area contributed by atoms with Crippen molar-refractivity contribution in [2.45, 2.75) is 133 Å². The summed E-state index contributed by atoms with van der Waals surface area (Å²) in [5.74, 6) is 0. The zero-order valence-electron chi connectivity index (χ0n) is 24.9. The summed E-state index contributed by atoms with van der Waals surface area (Å²) in [6, 6.07) is 9.79. The molecule has 237 valence electrons. The summed E-state index contributed by atoms with van der Waals surface area (Å²) in [6.45, 7) is 9.74. The van der Waals surface area contributed by atoms with Gasteiger partial charge in [-0.2, -0.15) is 13.2 Å². The Bertz CT molecular complexity index is 952. The molecule has 0 bridgehead atoms. The smallest absolute Gasteiger partial charge is 0.485 e. The van der Waals surface area contributed by atoms with Crippen LogP contribution in [-0.4, -0.2) is 41.1 Å². The van der Waals surface area contributed by atoms with Crippen LogP contribution >= 0.6 is 15.8 Å². The van der Waals surface area contributed by atoms with Crippen LogP contribution in [0.3, 0.4) is 0 Å². The van der Waals surface area contributed by atoms with Crippen molar-refractivity contribution >= 4 is 36.6 Å². The van der Waals surface area contributed by atoms with E-state index in [1.807, 2.05) is 10.6 Å². The average molecular weight is 723 g/mol. The molecule has 0 N–H and O–H groups in total. The van der Waals surface area contributed by atoms with E-state index in [0.29, 0.717) is 0 Å². The molecule has 1 aromatic carbocycles. The molecule has 2 aliphatic heterocycles. The van der Waals surface area contributed by atoms with Crippen molar-refractivity contribution in [2.24, 2.45) is 0 Å². The van der Waals surface area contributed by atoms with Crippen LogP contribution < -0.4 is 10.6 Å². The van der Waals surface area contributed by atoms with Crippen molar-refractivity contribution in [1.29, 1.82) is 0 Å². The Balaban J connectivity index is 0.000000407. The Kier molecular flexibility index (Phi) is 18.3. The van der Waals surface area contributed by atoms with Gasteiger partial charge in [0.2, 0.25) is 0 Å². The largest absolute Gasteiger partial charge is 0.741 e. The summed E-state index contributed by atoms with van der Waals surface area (Å²) in [5.41, 5.74) is -1.69. The summed E-state index contributed by atoms with van der Waals surface area (Å²) in [5, 5.41) is 3.68. The van der Waals surface area contributed by atoms with Crippen molar-refractivity contribution in [3.05, 3.63) is 48.6 Å². The summed E-state index contributed by atoms with van der Waals surface area (Å²) in [7, 11) is -5.96. The quantitative estimate of drug-likeness (QED) is 0.0968. The number of halogens is 3. The maximum atomic E-state index is 10.7. The number of hydrogen-bond donors (Lipinski definition) is 0. The molecule has 1 aromatic rings. The van der Waals surface area contributed by atoms with Crippen molar-refractivity contribution in [1.82, 2.24) is 0 Å². The van der Waals surface area contributed by atoms with Gasteiger partial charge < -0.3 is 4.55 Å². The Labute approximate surface area is 262 Å². The third-order valence-electron chi connectivity index (χ3n) is 8.18. The van der Waals surface area contributed by atoms with Crippen LogP contribution in [0.1, 0.15) is 105 Å². The minimum absolute atomic E-state index is 0. The summed E-state index contributed by atoms with van der Waals surface area (Å²) >= 11 is 0. The molecule has 4 rings (SSSR count). The van der Waals surface area contributed by atoms with E-state index in [0.717, 1.165) is 22.6 Å². The molecule has 2 saturated heterocycles. The minimum Gasteiger partial charge on any atom is -0.741 e. The number of alkyl halides is 3. The van der Waals surface area contributed by atoms with Crippen molar-refractivity contribution < 1.29 is 45.6 Å². The van der Waals surface area contributed by atoms with Gasteiger partial charge in [0.15, 0.2) is 10.1 Å². The zero-order valence-corrected chi connectivity index (χ0v) is 29.2. The predicted molar refractivity (Wildman–Crippen MR) is 167 cm³/mol. The van der Waals surface area contributed by atoms with Crippen LogP contribution in [0.15, 0.2) is 48.6 Å². The Morgan fingerprint density at radius 2 is 0.927 bits per heavy atom. The van der Waals surface area contributed by atoms with E-state index in [9.17, 15) is 13.2 Å². The average Bonchev–Trinajstić information content (AvgIpc) is 3.51. The van der Waals surface area contributed by atoms with Crippen LogP contribution in [0.5, 0.6) is 0 Å². The molecule has 1 aliphatic carbocycles. The first-order valence-electron chi connectivity index (χ1n) is 15.0. The summed E-state index contributed by atoms with van der Waals surface area (Å²) in [6.07, 6.45) is 25.5. The number of allylic oxidation sites excluding steroid dienone is 4. The first-order chi connectivity index (χ1) is 19.0. The van der Waals surface area contributed by atoms with E-state index in [-0.39, 0.29) is 35.3 Å². The van der Waals surface area contributed by atoms with Gasteiger partial charge in [-0.3, -0.25) is 0 Å². The SMILES string of the molecule is C1=CCCC=CCC1.CCC1CCC(CC)P1c1ccccc1P1C(CC)CCC1CC.O=S(=O)([O-])C(F)(F)F.[Rh]. The molecular formula is C31H48F3O3P2RhS-. The molecule has 3 aliphatic rings. The summed E-state index contributed by atoms with van der Waals surface area (Å²) in [4.78, 5) is 0. The number of benzene rings is 1. The fraction of sp³-hybridized carbons (Fsp3) is 0.677. The third-order valence-corrected chi connectivity index (χ3v) is 16.5. The van der Waals surface area contributed by atoms with Gasteiger partial charge in [0.25, 0.3) is 0 Å². The molecule has 10 heteroatoms. The second-order valence-electron chi connectivity index (χ2n) is 10.7. The standard InChI is InChI=1S/C22H36P2.C8H12.CHF3O3S.Rh/c1-5-17-13-14-18(6-2)23(17)21-11-9-10-12-22(21)24-19(7-3)15-16-20(24)8-4;1-2-4-6-8-7-5-3-1;2-1(3,4)8(5,6)7;/h9-12,17-20H,5-8,13-16H2,1-4H3;1-2,7-8H,3-6H2;(H,5,6,7);/p-1. The van der Waals surface area contributed by atoms with E-state index in [2.05, 4.69) is 76.3 Å². The second kappa shape index (κ2) is 19.3. The van der Waals surface area contributed by atoms with Crippen LogP contribution in [-0.2, 0) is 29.6 Å².